The zero-order valence-electron chi connectivity index (χ0n) is 10.4. The SMILES string of the molecule is COc1ccc(N)c(C(=O)c2cc(F)c(F)cc2Cl)c1. The summed E-state index contributed by atoms with van der Waals surface area (Å²) >= 11 is 5.77. The molecule has 0 heterocycles. The van der Waals surface area contributed by atoms with Crippen LogP contribution in [-0.4, -0.2) is 12.9 Å². The maximum Gasteiger partial charge on any atom is 0.196 e. The van der Waals surface area contributed by atoms with Crippen molar-refractivity contribution in [2.45, 2.75) is 0 Å². The van der Waals surface area contributed by atoms with Gasteiger partial charge in [-0.3, -0.25) is 4.79 Å². The predicted octanol–water partition coefficient (Wildman–Crippen LogP) is 3.44. The lowest BCUT2D eigenvalue weighted by atomic mass is 10.0. The Hall–Kier alpha value is -2.14. The van der Waals surface area contributed by atoms with Gasteiger partial charge in [-0.15, -0.1) is 0 Å². The zero-order valence-corrected chi connectivity index (χ0v) is 11.2. The summed E-state index contributed by atoms with van der Waals surface area (Å²) < 4.78 is 31.2. The van der Waals surface area contributed by atoms with Crippen molar-refractivity contribution < 1.29 is 18.3 Å². The minimum Gasteiger partial charge on any atom is -0.497 e. The molecule has 0 aliphatic carbocycles. The Morgan fingerprint density at radius 3 is 2.45 bits per heavy atom. The topological polar surface area (TPSA) is 52.3 Å². The number of benzene rings is 2. The first kappa shape index (κ1) is 14.3. The van der Waals surface area contributed by atoms with Crippen LogP contribution in [0, 0.1) is 11.6 Å². The van der Waals surface area contributed by atoms with Gasteiger partial charge in [0.2, 0.25) is 0 Å². The van der Waals surface area contributed by atoms with Gasteiger partial charge in [-0.2, -0.15) is 0 Å². The third-order valence-corrected chi connectivity index (χ3v) is 3.07. The van der Waals surface area contributed by atoms with Crippen molar-refractivity contribution in [1.29, 1.82) is 0 Å². The van der Waals surface area contributed by atoms with Crippen LogP contribution in [0.1, 0.15) is 15.9 Å². The first-order chi connectivity index (χ1) is 9.43. The third-order valence-electron chi connectivity index (χ3n) is 2.76. The fourth-order valence-electron chi connectivity index (χ4n) is 1.70. The number of halogens is 3. The lowest BCUT2D eigenvalue weighted by molar-refractivity contribution is 0.103. The molecule has 0 aliphatic rings. The van der Waals surface area contributed by atoms with E-state index in [-0.39, 0.29) is 21.8 Å². The van der Waals surface area contributed by atoms with E-state index in [9.17, 15) is 13.6 Å². The fourth-order valence-corrected chi connectivity index (χ4v) is 1.94. The van der Waals surface area contributed by atoms with Crippen molar-refractivity contribution in [3.05, 3.63) is 58.1 Å². The zero-order chi connectivity index (χ0) is 14.9. The van der Waals surface area contributed by atoms with Gasteiger partial charge in [0.15, 0.2) is 17.4 Å². The molecule has 6 heteroatoms. The lowest BCUT2D eigenvalue weighted by Crippen LogP contribution is -2.07. The van der Waals surface area contributed by atoms with Crippen LogP contribution < -0.4 is 10.5 Å². The quantitative estimate of drug-likeness (QED) is 0.536. The standard InChI is InChI=1S/C14H10ClF2NO2/c1-20-7-2-3-13(18)9(4-7)14(19)8-5-11(16)12(17)6-10(8)15/h2-6H,18H2,1H3. The van der Waals surface area contributed by atoms with Gasteiger partial charge in [-0.1, -0.05) is 11.6 Å². The van der Waals surface area contributed by atoms with Crippen LogP contribution in [0.4, 0.5) is 14.5 Å². The molecule has 0 atom stereocenters. The van der Waals surface area contributed by atoms with Gasteiger partial charge in [0.1, 0.15) is 5.75 Å². The van der Waals surface area contributed by atoms with E-state index < -0.39 is 17.4 Å². The Morgan fingerprint density at radius 1 is 1.15 bits per heavy atom. The summed E-state index contributed by atoms with van der Waals surface area (Å²) in [6.45, 7) is 0. The van der Waals surface area contributed by atoms with E-state index in [2.05, 4.69) is 0 Å². The highest BCUT2D eigenvalue weighted by atomic mass is 35.5. The molecule has 3 nitrogen and oxygen atoms in total. The van der Waals surface area contributed by atoms with E-state index >= 15 is 0 Å². The van der Waals surface area contributed by atoms with Crippen molar-refractivity contribution in [2.24, 2.45) is 0 Å². The normalized spacial score (nSPS) is 10.4. The van der Waals surface area contributed by atoms with Gasteiger partial charge >= 0.3 is 0 Å². The van der Waals surface area contributed by atoms with Crippen LogP contribution in [0.25, 0.3) is 0 Å². The Bertz CT molecular complexity index is 689. The monoisotopic (exact) mass is 297 g/mol. The summed E-state index contributed by atoms with van der Waals surface area (Å²) in [6.07, 6.45) is 0. The van der Waals surface area contributed by atoms with Gasteiger partial charge in [-0.05, 0) is 30.3 Å². The molecular weight excluding hydrogens is 288 g/mol. The predicted molar refractivity (Wildman–Crippen MR) is 72.2 cm³/mol. The lowest BCUT2D eigenvalue weighted by Gasteiger charge is -2.09. The number of hydrogen-bond donors (Lipinski definition) is 1. The molecule has 0 bridgehead atoms. The summed E-state index contributed by atoms with van der Waals surface area (Å²) in [7, 11) is 1.43. The summed E-state index contributed by atoms with van der Waals surface area (Å²) in [5, 5.41) is -0.184. The van der Waals surface area contributed by atoms with Crippen molar-refractivity contribution in [1.82, 2.24) is 0 Å². The molecule has 0 aliphatic heterocycles. The van der Waals surface area contributed by atoms with Crippen molar-refractivity contribution in [3.8, 4) is 5.75 Å². The number of anilines is 1. The number of nitrogens with two attached hydrogens (primary N) is 1. The number of nitrogen functional groups attached to an aromatic ring is 1. The van der Waals surface area contributed by atoms with Crippen molar-refractivity contribution in [2.75, 3.05) is 12.8 Å². The molecule has 0 aromatic heterocycles. The number of ether oxygens (including phenoxy) is 1. The number of carbonyl (C=O) groups is 1. The Balaban J connectivity index is 2.54. The largest absolute Gasteiger partial charge is 0.497 e. The minimum absolute atomic E-state index is 0.109. The van der Waals surface area contributed by atoms with E-state index in [4.69, 9.17) is 22.1 Å². The molecule has 2 rings (SSSR count). The second-order valence-electron chi connectivity index (χ2n) is 4.03. The summed E-state index contributed by atoms with van der Waals surface area (Å²) in [6, 6.07) is 5.98. The first-order valence-corrected chi connectivity index (χ1v) is 5.94. The molecule has 0 unspecified atom stereocenters. The van der Waals surface area contributed by atoms with E-state index in [1.54, 1.807) is 6.07 Å². The molecule has 0 spiro atoms. The summed E-state index contributed by atoms with van der Waals surface area (Å²) in [5.74, 6) is -2.46. The van der Waals surface area contributed by atoms with Crippen LogP contribution in [0.5, 0.6) is 5.75 Å². The molecule has 104 valence electrons. The molecule has 2 aromatic carbocycles. The number of methoxy groups -OCH3 is 1. The van der Waals surface area contributed by atoms with Crippen LogP contribution >= 0.6 is 11.6 Å². The number of rotatable bonds is 3. The van der Waals surface area contributed by atoms with Gasteiger partial charge in [-0.25, -0.2) is 8.78 Å². The highest BCUT2D eigenvalue weighted by Crippen LogP contribution is 2.27. The molecule has 0 radical (unpaired) electrons. The fraction of sp³-hybridized carbons (Fsp3) is 0.0714. The molecule has 0 amide bonds. The maximum atomic E-state index is 13.2. The molecule has 0 fully saturated rings. The Kier molecular flexibility index (Phi) is 3.90. The van der Waals surface area contributed by atoms with Crippen LogP contribution in [0.3, 0.4) is 0 Å². The van der Waals surface area contributed by atoms with Crippen LogP contribution in [0.15, 0.2) is 30.3 Å². The second kappa shape index (κ2) is 5.46. The summed E-state index contributed by atoms with van der Waals surface area (Å²) in [5.41, 5.74) is 5.85. The number of hydrogen-bond acceptors (Lipinski definition) is 3. The molecule has 0 saturated heterocycles. The maximum absolute atomic E-state index is 13.2. The highest BCUT2D eigenvalue weighted by Gasteiger charge is 2.19. The number of carbonyl (C=O) groups excluding carboxylic acids is 1. The average molecular weight is 298 g/mol. The van der Waals surface area contributed by atoms with Gasteiger partial charge in [0, 0.05) is 16.8 Å². The van der Waals surface area contributed by atoms with E-state index in [0.717, 1.165) is 12.1 Å². The van der Waals surface area contributed by atoms with Gasteiger partial charge in [0.25, 0.3) is 0 Å². The van der Waals surface area contributed by atoms with E-state index in [1.165, 1.54) is 19.2 Å². The Morgan fingerprint density at radius 2 is 1.80 bits per heavy atom. The summed E-state index contributed by atoms with van der Waals surface area (Å²) in [4.78, 5) is 12.3. The minimum atomic E-state index is -1.15. The van der Waals surface area contributed by atoms with E-state index in [0.29, 0.717) is 5.75 Å². The molecular formula is C14H10ClF2NO2. The van der Waals surface area contributed by atoms with Crippen LogP contribution in [0.2, 0.25) is 5.02 Å². The number of ketones is 1. The smallest absolute Gasteiger partial charge is 0.196 e. The van der Waals surface area contributed by atoms with Gasteiger partial charge < -0.3 is 10.5 Å². The average Bonchev–Trinajstić information content (AvgIpc) is 2.42. The molecule has 2 aromatic rings. The second-order valence-corrected chi connectivity index (χ2v) is 4.44. The molecule has 20 heavy (non-hydrogen) atoms. The molecule has 2 N–H and O–H groups in total. The highest BCUT2D eigenvalue weighted by molar-refractivity contribution is 6.35. The van der Waals surface area contributed by atoms with Crippen molar-refractivity contribution in [3.63, 3.8) is 0 Å². The third kappa shape index (κ3) is 2.58. The Labute approximate surface area is 118 Å². The molecule has 0 saturated carbocycles. The van der Waals surface area contributed by atoms with E-state index in [1.807, 2.05) is 0 Å². The van der Waals surface area contributed by atoms with Crippen LogP contribution in [-0.2, 0) is 0 Å². The first-order valence-electron chi connectivity index (χ1n) is 5.56. The van der Waals surface area contributed by atoms with Gasteiger partial charge in [0.05, 0.1) is 12.1 Å². The van der Waals surface area contributed by atoms with Crippen molar-refractivity contribution >= 4 is 23.1 Å².